The molecule has 0 fully saturated rings. The average molecular weight is 359 g/mol. The van der Waals surface area contributed by atoms with Gasteiger partial charge in [-0.15, -0.1) is 0 Å². The minimum absolute atomic E-state index is 0.0757. The summed E-state index contributed by atoms with van der Waals surface area (Å²) in [5.74, 6) is -0.407. The van der Waals surface area contributed by atoms with Gasteiger partial charge in [-0.05, 0) is 24.3 Å². The summed E-state index contributed by atoms with van der Waals surface area (Å²) >= 11 is 6.02. The third-order valence-electron chi connectivity index (χ3n) is 3.76. The van der Waals surface area contributed by atoms with Gasteiger partial charge >= 0.3 is 0 Å². The van der Waals surface area contributed by atoms with Crippen LogP contribution < -0.4 is 10.2 Å². The van der Waals surface area contributed by atoms with E-state index in [4.69, 9.17) is 11.6 Å². The van der Waals surface area contributed by atoms with Crippen molar-refractivity contribution in [3.8, 4) is 0 Å². The predicted molar refractivity (Wildman–Crippen MR) is 98.7 cm³/mol. The molecule has 1 amide bonds. The van der Waals surface area contributed by atoms with Crippen molar-refractivity contribution < 1.29 is 9.72 Å². The van der Waals surface area contributed by atoms with Crippen LogP contribution in [0.2, 0.25) is 5.02 Å². The van der Waals surface area contributed by atoms with Crippen molar-refractivity contribution >= 4 is 45.5 Å². The van der Waals surface area contributed by atoms with E-state index >= 15 is 0 Å². The molecule has 0 aliphatic heterocycles. The normalized spacial score (nSPS) is 10.7. The first kappa shape index (κ1) is 16.8. The minimum Gasteiger partial charge on any atom is -0.376 e. The van der Waals surface area contributed by atoms with Gasteiger partial charge in [-0.2, -0.15) is 0 Å². The molecule has 3 rings (SSSR count). The Kier molecular flexibility index (Phi) is 4.33. The molecular weight excluding hydrogens is 344 g/mol. The van der Waals surface area contributed by atoms with Gasteiger partial charge in [0.1, 0.15) is 11.2 Å². The average Bonchev–Trinajstić information content (AvgIpc) is 2.98. The van der Waals surface area contributed by atoms with E-state index in [0.717, 1.165) is 5.69 Å². The molecule has 8 heteroatoms. The van der Waals surface area contributed by atoms with Gasteiger partial charge < -0.3 is 15.2 Å². The highest BCUT2D eigenvalue weighted by atomic mass is 35.5. The summed E-state index contributed by atoms with van der Waals surface area (Å²) in [6.45, 7) is 0. The molecule has 25 heavy (non-hydrogen) atoms. The highest BCUT2D eigenvalue weighted by Crippen LogP contribution is 2.29. The number of H-pyrrole nitrogens is 1. The number of fused-ring (bicyclic) bond motifs is 1. The van der Waals surface area contributed by atoms with Crippen LogP contribution in [0, 0.1) is 10.1 Å². The van der Waals surface area contributed by atoms with Crippen molar-refractivity contribution in [1.82, 2.24) is 4.98 Å². The second-order valence-corrected chi connectivity index (χ2v) is 6.13. The van der Waals surface area contributed by atoms with Gasteiger partial charge in [0.2, 0.25) is 0 Å². The molecule has 2 N–H and O–H groups in total. The smallest absolute Gasteiger partial charge is 0.293 e. The van der Waals surface area contributed by atoms with Gasteiger partial charge in [-0.25, -0.2) is 0 Å². The van der Waals surface area contributed by atoms with Crippen molar-refractivity contribution in [2.24, 2.45) is 0 Å². The number of non-ortho nitro benzene ring substituents is 1. The van der Waals surface area contributed by atoms with Gasteiger partial charge in [0.15, 0.2) is 0 Å². The number of hydrogen-bond donors (Lipinski definition) is 2. The Labute approximate surface area is 148 Å². The number of carbonyl (C=O) groups is 1. The second-order valence-electron chi connectivity index (χ2n) is 5.69. The van der Waals surface area contributed by atoms with E-state index in [2.05, 4.69) is 10.3 Å². The number of benzene rings is 2. The number of amides is 1. The zero-order valence-electron chi connectivity index (χ0n) is 13.5. The first-order chi connectivity index (χ1) is 11.9. The Morgan fingerprint density at radius 2 is 2.00 bits per heavy atom. The van der Waals surface area contributed by atoms with Crippen molar-refractivity contribution in [3.63, 3.8) is 0 Å². The summed E-state index contributed by atoms with van der Waals surface area (Å²) in [4.78, 5) is 27.9. The van der Waals surface area contributed by atoms with Crippen LogP contribution in [-0.4, -0.2) is 29.9 Å². The number of nitro benzene ring substituents is 1. The minimum atomic E-state index is -0.484. The lowest BCUT2D eigenvalue weighted by Crippen LogP contribution is -2.17. The Hall–Kier alpha value is -3.06. The molecule has 1 aromatic heterocycles. The van der Waals surface area contributed by atoms with E-state index < -0.39 is 10.8 Å². The molecule has 7 nitrogen and oxygen atoms in total. The Morgan fingerprint density at radius 3 is 2.68 bits per heavy atom. The summed E-state index contributed by atoms with van der Waals surface area (Å²) in [6.07, 6.45) is 0. The fraction of sp³-hybridized carbons (Fsp3) is 0.118. The molecule has 0 bridgehead atoms. The quantitative estimate of drug-likeness (QED) is 0.543. The first-order valence-corrected chi connectivity index (χ1v) is 7.79. The van der Waals surface area contributed by atoms with Crippen LogP contribution in [0.3, 0.4) is 0 Å². The van der Waals surface area contributed by atoms with Crippen LogP contribution in [0.1, 0.15) is 10.5 Å². The fourth-order valence-electron chi connectivity index (χ4n) is 2.60. The van der Waals surface area contributed by atoms with Crippen molar-refractivity contribution in [3.05, 3.63) is 63.3 Å². The van der Waals surface area contributed by atoms with E-state index in [9.17, 15) is 14.9 Å². The van der Waals surface area contributed by atoms with E-state index in [0.29, 0.717) is 21.6 Å². The summed E-state index contributed by atoms with van der Waals surface area (Å²) < 4.78 is 0. The number of halogens is 1. The highest BCUT2D eigenvalue weighted by Gasteiger charge is 2.18. The van der Waals surface area contributed by atoms with Gasteiger partial charge in [0.25, 0.3) is 11.6 Å². The summed E-state index contributed by atoms with van der Waals surface area (Å²) in [5, 5.41) is 15.0. The topological polar surface area (TPSA) is 91.3 Å². The number of rotatable bonds is 4. The standard InChI is InChI=1S/C17H15ClN4O3/c1-21(2)14-7-6-11(18)9-12(14)20-17(23)13-8-10-4-3-5-15(22(24)25)16(10)19-13/h3-9,19H,1-2H3,(H,20,23). The molecule has 128 valence electrons. The SMILES string of the molecule is CN(C)c1ccc(Cl)cc1NC(=O)c1cc2cccc([N+](=O)[O-])c2[nH]1. The summed E-state index contributed by atoms with van der Waals surface area (Å²) in [5.41, 5.74) is 1.81. The van der Waals surface area contributed by atoms with Crippen LogP contribution in [0.4, 0.5) is 17.1 Å². The predicted octanol–water partition coefficient (Wildman–Crippen LogP) is 4.05. The van der Waals surface area contributed by atoms with E-state index in [-0.39, 0.29) is 11.4 Å². The van der Waals surface area contributed by atoms with E-state index in [1.807, 2.05) is 19.0 Å². The maximum Gasteiger partial charge on any atom is 0.293 e. The number of para-hydroxylation sites is 1. The molecule has 2 aromatic carbocycles. The number of nitrogens with one attached hydrogen (secondary N) is 2. The van der Waals surface area contributed by atoms with Crippen LogP contribution in [0.15, 0.2) is 42.5 Å². The molecular formula is C17H15ClN4O3. The molecule has 0 unspecified atom stereocenters. The van der Waals surface area contributed by atoms with Crippen molar-refractivity contribution in [2.45, 2.75) is 0 Å². The lowest BCUT2D eigenvalue weighted by atomic mass is 10.2. The lowest BCUT2D eigenvalue weighted by molar-refractivity contribution is -0.383. The lowest BCUT2D eigenvalue weighted by Gasteiger charge is -2.18. The van der Waals surface area contributed by atoms with Gasteiger partial charge in [0.05, 0.1) is 16.3 Å². The van der Waals surface area contributed by atoms with Gasteiger partial charge in [-0.1, -0.05) is 23.7 Å². The third-order valence-corrected chi connectivity index (χ3v) is 4.00. The number of aromatic nitrogens is 1. The van der Waals surface area contributed by atoms with Crippen LogP contribution in [0.5, 0.6) is 0 Å². The number of hydrogen-bond acceptors (Lipinski definition) is 4. The highest BCUT2D eigenvalue weighted by molar-refractivity contribution is 6.31. The number of nitro groups is 1. The van der Waals surface area contributed by atoms with Crippen molar-refractivity contribution in [1.29, 1.82) is 0 Å². The molecule has 0 spiro atoms. The van der Waals surface area contributed by atoms with Crippen LogP contribution in [-0.2, 0) is 0 Å². The molecule has 0 saturated heterocycles. The zero-order valence-corrected chi connectivity index (χ0v) is 14.3. The third kappa shape index (κ3) is 3.27. The van der Waals surface area contributed by atoms with Crippen molar-refractivity contribution in [2.75, 3.05) is 24.3 Å². The Bertz CT molecular complexity index is 981. The van der Waals surface area contributed by atoms with Crippen LogP contribution in [0.25, 0.3) is 10.9 Å². The number of nitrogens with zero attached hydrogens (tertiary/aromatic N) is 2. The molecule has 0 saturated carbocycles. The number of aromatic amines is 1. The molecule has 0 aliphatic carbocycles. The molecule has 3 aromatic rings. The molecule has 0 radical (unpaired) electrons. The monoisotopic (exact) mass is 358 g/mol. The molecule has 1 heterocycles. The Balaban J connectivity index is 1.97. The van der Waals surface area contributed by atoms with Gasteiger partial charge in [-0.3, -0.25) is 14.9 Å². The second kappa shape index (κ2) is 6.45. The van der Waals surface area contributed by atoms with E-state index in [1.165, 1.54) is 6.07 Å². The largest absolute Gasteiger partial charge is 0.376 e. The maximum absolute atomic E-state index is 12.6. The molecule has 0 atom stereocenters. The first-order valence-electron chi connectivity index (χ1n) is 7.41. The number of carbonyl (C=O) groups excluding carboxylic acids is 1. The van der Waals surface area contributed by atoms with Gasteiger partial charge in [0, 0.05) is 30.6 Å². The number of anilines is 2. The summed E-state index contributed by atoms with van der Waals surface area (Å²) in [7, 11) is 3.70. The van der Waals surface area contributed by atoms with Crippen LogP contribution >= 0.6 is 11.6 Å². The fourth-order valence-corrected chi connectivity index (χ4v) is 2.77. The molecule has 0 aliphatic rings. The summed E-state index contributed by atoms with van der Waals surface area (Å²) in [6, 6.07) is 11.4. The zero-order chi connectivity index (χ0) is 18.1. The maximum atomic E-state index is 12.6. The van der Waals surface area contributed by atoms with E-state index in [1.54, 1.807) is 36.4 Å². The Morgan fingerprint density at radius 1 is 1.24 bits per heavy atom.